The third-order valence-electron chi connectivity index (χ3n) is 1.58. The zero-order chi connectivity index (χ0) is 12.3. The number of nitro groups is 1. The predicted molar refractivity (Wildman–Crippen MR) is 56.6 cm³/mol. The molecule has 1 N–H and O–H groups in total. The Morgan fingerprint density at radius 3 is 2.62 bits per heavy atom. The predicted octanol–water partition coefficient (Wildman–Crippen LogP) is 1.40. The van der Waals surface area contributed by atoms with E-state index in [1.807, 2.05) is 0 Å². The Hall–Kier alpha value is -1.96. The quantitative estimate of drug-likeness (QED) is 0.492. The molecule has 0 unspecified atom stereocenters. The van der Waals surface area contributed by atoms with Gasteiger partial charge >= 0.3 is 11.0 Å². The van der Waals surface area contributed by atoms with Gasteiger partial charge in [-0.05, 0) is 0 Å². The molecule has 1 aromatic heterocycles. The number of amides is 1. The van der Waals surface area contributed by atoms with Gasteiger partial charge in [0.05, 0.1) is 23.8 Å². The van der Waals surface area contributed by atoms with Crippen molar-refractivity contribution < 1.29 is 19.2 Å². The molecule has 0 saturated heterocycles. The summed E-state index contributed by atoms with van der Waals surface area (Å²) < 4.78 is 4.45. The minimum absolute atomic E-state index is 0.00407. The third-order valence-corrected chi connectivity index (χ3v) is 2.65. The van der Waals surface area contributed by atoms with Gasteiger partial charge in [0.2, 0.25) is 5.91 Å². The lowest BCUT2D eigenvalue weighted by Crippen LogP contribution is -2.09. The molecule has 7 nitrogen and oxygen atoms in total. The molecule has 86 valence electrons. The highest BCUT2D eigenvalue weighted by atomic mass is 32.1. The highest BCUT2D eigenvalue weighted by Crippen LogP contribution is 2.33. The van der Waals surface area contributed by atoms with E-state index in [4.69, 9.17) is 0 Å². The average molecular weight is 244 g/mol. The smallest absolute Gasteiger partial charge is 0.350 e. The molecule has 1 rings (SSSR count). The van der Waals surface area contributed by atoms with Crippen molar-refractivity contribution in [1.82, 2.24) is 0 Å². The zero-order valence-electron chi connectivity index (χ0n) is 8.47. The summed E-state index contributed by atoms with van der Waals surface area (Å²) in [5.74, 6) is -1.14. The number of hydrogen-bond donors (Lipinski definition) is 1. The molecule has 0 atom stereocenters. The van der Waals surface area contributed by atoms with Gasteiger partial charge in [-0.15, -0.1) is 0 Å². The molecule has 0 fully saturated rings. The lowest BCUT2D eigenvalue weighted by molar-refractivity contribution is -0.380. The molecule has 1 amide bonds. The molecule has 0 aliphatic carbocycles. The minimum Gasteiger partial charge on any atom is -0.465 e. The minimum atomic E-state index is -0.721. The largest absolute Gasteiger partial charge is 0.465 e. The fourth-order valence-electron chi connectivity index (χ4n) is 0.995. The van der Waals surface area contributed by atoms with E-state index in [9.17, 15) is 19.7 Å². The van der Waals surface area contributed by atoms with Crippen LogP contribution in [-0.2, 0) is 9.53 Å². The van der Waals surface area contributed by atoms with Crippen molar-refractivity contribution in [3.63, 3.8) is 0 Å². The molecule has 0 aliphatic rings. The summed E-state index contributed by atoms with van der Waals surface area (Å²) in [6, 6.07) is 1.12. The van der Waals surface area contributed by atoms with E-state index in [1.54, 1.807) is 0 Å². The highest BCUT2D eigenvalue weighted by Gasteiger charge is 2.22. The first kappa shape index (κ1) is 12.1. The first-order valence-electron chi connectivity index (χ1n) is 4.09. The Morgan fingerprint density at radius 1 is 1.56 bits per heavy atom. The molecule has 8 heteroatoms. The summed E-state index contributed by atoms with van der Waals surface area (Å²) in [5, 5.41) is 12.6. The van der Waals surface area contributed by atoms with E-state index in [1.165, 1.54) is 6.92 Å². The van der Waals surface area contributed by atoms with Crippen LogP contribution in [0.25, 0.3) is 0 Å². The van der Waals surface area contributed by atoms with Gasteiger partial charge in [-0.1, -0.05) is 11.3 Å². The second kappa shape index (κ2) is 4.71. The van der Waals surface area contributed by atoms with Crippen molar-refractivity contribution >= 4 is 33.9 Å². The molecule has 0 spiro atoms. The molecule has 0 saturated carbocycles. The van der Waals surface area contributed by atoms with Crippen LogP contribution in [0.4, 0.5) is 10.7 Å². The Morgan fingerprint density at radius 2 is 2.19 bits per heavy atom. The van der Waals surface area contributed by atoms with E-state index in [0.717, 1.165) is 13.2 Å². The third kappa shape index (κ3) is 2.54. The van der Waals surface area contributed by atoms with Crippen LogP contribution in [0.1, 0.15) is 16.6 Å². The Bertz CT molecular complexity index is 453. The second-order valence-corrected chi connectivity index (χ2v) is 3.79. The summed E-state index contributed by atoms with van der Waals surface area (Å²) in [6.07, 6.45) is 0. The molecular formula is C8H8N2O5S. The fourth-order valence-corrected chi connectivity index (χ4v) is 1.84. The number of hydrogen-bond acceptors (Lipinski definition) is 6. The van der Waals surface area contributed by atoms with Crippen LogP contribution in [-0.4, -0.2) is 23.9 Å². The van der Waals surface area contributed by atoms with E-state index in [-0.39, 0.29) is 15.6 Å². The number of carbonyl (C=O) groups excluding carboxylic acids is 2. The van der Waals surface area contributed by atoms with Crippen LogP contribution in [0.15, 0.2) is 6.07 Å². The van der Waals surface area contributed by atoms with Crippen molar-refractivity contribution in [2.45, 2.75) is 6.92 Å². The van der Waals surface area contributed by atoms with Gasteiger partial charge in [0, 0.05) is 6.92 Å². The van der Waals surface area contributed by atoms with Crippen LogP contribution < -0.4 is 5.32 Å². The normalized spacial score (nSPS) is 9.62. The maximum absolute atomic E-state index is 11.3. The molecule has 0 radical (unpaired) electrons. The lowest BCUT2D eigenvalue weighted by atomic mass is 10.3. The van der Waals surface area contributed by atoms with Crippen molar-refractivity contribution in [2.75, 3.05) is 12.4 Å². The number of thiophene rings is 1. The molecule has 0 bridgehead atoms. The molecule has 0 aliphatic heterocycles. The molecular weight excluding hydrogens is 236 g/mol. The molecule has 0 aromatic carbocycles. The van der Waals surface area contributed by atoms with Crippen LogP contribution in [0.2, 0.25) is 0 Å². The van der Waals surface area contributed by atoms with Crippen molar-refractivity contribution in [1.29, 1.82) is 0 Å². The van der Waals surface area contributed by atoms with E-state index in [0.29, 0.717) is 11.3 Å². The summed E-state index contributed by atoms with van der Waals surface area (Å²) in [4.78, 5) is 32.0. The highest BCUT2D eigenvalue weighted by molar-refractivity contribution is 7.17. The van der Waals surface area contributed by atoms with E-state index < -0.39 is 16.8 Å². The number of methoxy groups -OCH3 is 1. The zero-order valence-corrected chi connectivity index (χ0v) is 9.29. The van der Waals surface area contributed by atoms with Crippen molar-refractivity contribution in [3.8, 4) is 0 Å². The maximum atomic E-state index is 11.3. The monoisotopic (exact) mass is 244 g/mol. The number of anilines is 1. The summed E-state index contributed by atoms with van der Waals surface area (Å²) in [6.45, 7) is 1.24. The van der Waals surface area contributed by atoms with Crippen molar-refractivity contribution in [2.24, 2.45) is 0 Å². The Labute approximate surface area is 94.2 Å². The van der Waals surface area contributed by atoms with E-state index >= 15 is 0 Å². The number of esters is 1. The average Bonchev–Trinajstić information content (AvgIpc) is 2.59. The number of nitrogens with one attached hydrogen (secondary N) is 1. The number of rotatable bonds is 3. The maximum Gasteiger partial charge on any atom is 0.350 e. The van der Waals surface area contributed by atoms with Crippen LogP contribution in [0.3, 0.4) is 0 Å². The van der Waals surface area contributed by atoms with Gasteiger partial charge < -0.3 is 10.1 Å². The molecule has 1 heterocycles. The number of carbonyl (C=O) groups is 2. The van der Waals surface area contributed by atoms with Gasteiger partial charge in [0.25, 0.3) is 0 Å². The standard InChI is InChI=1S/C8H8N2O5S/c1-4(11)9-5-3-6(10(13)14)16-7(5)8(12)15-2/h3H,1-2H3,(H,9,11). The van der Waals surface area contributed by atoms with Gasteiger partial charge in [-0.2, -0.15) is 0 Å². The topological polar surface area (TPSA) is 98.5 Å². The molecule has 1 aromatic rings. The van der Waals surface area contributed by atoms with Crippen LogP contribution in [0.5, 0.6) is 0 Å². The number of ether oxygens (including phenoxy) is 1. The summed E-state index contributed by atoms with van der Waals surface area (Å²) in [7, 11) is 1.16. The Balaban J connectivity index is 3.17. The first-order chi connectivity index (χ1) is 7.45. The first-order valence-corrected chi connectivity index (χ1v) is 4.91. The number of nitrogens with zero attached hydrogens (tertiary/aromatic N) is 1. The van der Waals surface area contributed by atoms with Crippen molar-refractivity contribution in [3.05, 3.63) is 21.1 Å². The summed E-state index contributed by atoms with van der Waals surface area (Å²) in [5.41, 5.74) is 0.0936. The van der Waals surface area contributed by atoms with E-state index in [2.05, 4.69) is 10.1 Å². The SMILES string of the molecule is COC(=O)c1sc([N+](=O)[O-])cc1NC(C)=O. The van der Waals surface area contributed by atoms with Crippen LogP contribution >= 0.6 is 11.3 Å². The van der Waals surface area contributed by atoms with Gasteiger partial charge in [-0.3, -0.25) is 14.9 Å². The van der Waals surface area contributed by atoms with Gasteiger partial charge in [-0.25, -0.2) is 4.79 Å². The Kier molecular flexibility index (Phi) is 3.56. The van der Waals surface area contributed by atoms with Gasteiger partial charge in [0.1, 0.15) is 4.88 Å². The molecule has 16 heavy (non-hydrogen) atoms. The van der Waals surface area contributed by atoms with Gasteiger partial charge in [0.15, 0.2) is 0 Å². The second-order valence-electron chi connectivity index (χ2n) is 2.76. The fraction of sp³-hybridized carbons (Fsp3) is 0.250. The lowest BCUT2D eigenvalue weighted by Gasteiger charge is -2.00. The summed E-state index contributed by atoms with van der Waals surface area (Å²) >= 11 is 0.654. The van der Waals surface area contributed by atoms with Crippen LogP contribution in [0, 0.1) is 10.1 Å².